The number of nitrogens with one attached hydrogen (secondary N) is 1. The third-order valence-electron chi connectivity index (χ3n) is 3.91. The predicted molar refractivity (Wildman–Crippen MR) is 81.9 cm³/mol. The van der Waals surface area contributed by atoms with Crippen molar-refractivity contribution in [3.63, 3.8) is 0 Å². The van der Waals surface area contributed by atoms with Gasteiger partial charge in [0.1, 0.15) is 5.75 Å². The summed E-state index contributed by atoms with van der Waals surface area (Å²) in [4.78, 5) is 0. The topological polar surface area (TPSA) is 21.3 Å². The van der Waals surface area contributed by atoms with Crippen molar-refractivity contribution in [2.75, 3.05) is 13.2 Å². The lowest BCUT2D eigenvalue weighted by Crippen LogP contribution is -2.25. The van der Waals surface area contributed by atoms with Gasteiger partial charge in [0.25, 0.3) is 0 Å². The number of rotatable bonds is 4. The van der Waals surface area contributed by atoms with E-state index in [-0.39, 0.29) is 0 Å². The number of fused-ring (bicyclic) bond motifs is 1. The van der Waals surface area contributed by atoms with Crippen molar-refractivity contribution in [2.45, 2.75) is 18.9 Å². The standard InChI is InChI=1S/C18H20NO/c1-14-6-2-3-7-15(14)12-19-13-16-10-11-20-18-9-5-4-8-17(16)18/h2-9,16,19H,1,10-13H2. The van der Waals surface area contributed by atoms with Gasteiger partial charge in [-0.1, -0.05) is 42.5 Å². The van der Waals surface area contributed by atoms with Crippen molar-refractivity contribution in [2.24, 2.45) is 0 Å². The zero-order valence-electron chi connectivity index (χ0n) is 11.6. The average molecular weight is 266 g/mol. The molecule has 1 radical (unpaired) electrons. The van der Waals surface area contributed by atoms with E-state index in [4.69, 9.17) is 4.74 Å². The molecule has 0 saturated heterocycles. The van der Waals surface area contributed by atoms with E-state index in [1.807, 2.05) is 12.1 Å². The number of para-hydroxylation sites is 1. The summed E-state index contributed by atoms with van der Waals surface area (Å²) in [5.74, 6) is 1.58. The van der Waals surface area contributed by atoms with Gasteiger partial charge in [-0.15, -0.1) is 0 Å². The Morgan fingerprint density at radius 1 is 1.10 bits per heavy atom. The van der Waals surface area contributed by atoms with Crippen molar-refractivity contribution in [1.29, 1.82) is 0 Å². The Hall–Kier alpha value is -1.80. The number of hydrogen-bond donors (Lipinski definition) is 1. The monoisotopic (exact) mass is 266 g/mol. The van der Waals surface area contributed by atoms with Gasteiger partial charge in [0.05, 0.1) is 6.61 Å². The first-order valence-electron chi connectivity index (χ1n) is 7.17. The van der Waals surface area contributed by atoms with E-state index in [1.54, 1.807) is 0 Å². The fourth-order valence-electron chi connectivity index (χ4n) is 2.74. The summed E-state index contributed by atoms with van der Waals surface area (Å²) >= 11 is 0. The van der Waals surface area contributed by atoms with Crippen LogP contribution in [-0.4, -0.2) is 13.2 Å². The minimum absolute atomic E-state index is 0.539. The van der Waals surface area contributed by atoms with Gasteiger partial charge >= 0.3 is 0 Å². The minimum Gasteiger partial charge on any atom is -0.493 e. The second kappa shape index (κ2) is 6.10. The summed E-state index contributed by atoms with van der Waals surface area (Å²) in [7, 11) is 0. The first kappa shape index (κ1) is 13.2. The van der Waals surface area contributed by atoms with E-state index < -0.39 is 0 Å². The molecule has 1 atom stereocenters. The highest BCUT2D eigenvalue weighted by Gasteiger charge is 2.20. The van der Waals surface area contributed by atoms with Crippen LogP contribution >= 0.6 is 0 Å². The Labute approximate surface area is 120 Å². The number of hydrogen-bond acceptors (Lipinski definition) is 2. The van der Waals surface area contributed by atoms with Crippen molar-refractivity contribution in [3.8, 4) is 5.75 Å². The zero-order chi connectivity index (χ0) is 13.8. The first-order chi connectivity index (χ1) is 9.84. The van der Waals surface area contributed by atoms with Crippen molar-refractivity contribution < 1.29 is 4.74 Å². The largest absolute Gasteiger partial charge is 0.493 e. The van der Waals surface area contributed by atoms with E-state index in [2.05, 4.69) is 48.6 Å². The van der Waals surface area contributed by atoms with Gasteiger partial charge in [0.15, 0.2) is 0 Å². The van der Waals surface area contributed by atoms with Crippen LogP contribution in [0.15, 0.2) is 48.5 Å². The van der Waals surface area contributed by atoms with Gasteiger partial charge in [0, 0.05) is 19.0 Å². The quantitative estimate of drug-likeness (QED) is 0.914. The molecule has 2 nitrogen and oxygen atoms in total. The molecule has 1 aliphatic heterocycles. The normalized spacial score (nSPS) is 17.4. The van der Waals surface area contributed by atoms with Gasteiger partial charge < -0.3 is 10.1 Å². The van der Waals surface area contributed by atoms with E-state index >= 15 is 0 Å². The third kappa shape index (κ3) is 2.86. The lowest BCUT2D eigenvalue weighted by Gasteiger charge is -2.26. The molecule has 20 heavy (non-hydrogen) atoms. The maximum Gasteiger partial charge on any atom is 0.122 e. The highest BCUT2D eigenvalue weighted by molar-refractivity contribution is 5.38. The van der Waals surface area contributed by atoms with Gasteiger partial charge in [-0.3, -0.25) is 0 Å². The molecule has 1 unspecified atom stereocenters. The van der Waals surface area contributed by atoms with Gasteiger partial charge in [-0.2, -0.15) is 0 Å². The molecule has 2 aromatic carbocycles. The SMILES string of the molecule is [CH2]c1ccccc1CNCC1CCOc2ccccc21. The maximum atomic E-state index is 5.70. The van der Waals surface area contributed by atoms with Crippen LogP contribution in [0.2, 0.25) is 0 Å². The number of ether oxygens (including phenoxy) is 1. The van der Waals surface area contributed by atoms with Crippen LogP contribution in [0.3, 0.4) is 0 Å². The second-order valence-corrected chi connectivity index (χ2v) is 5.27. The van der Waals surface area contributed by atoms with Crippen LogP contribution in [0.25, 0.3) is 0 Å². The minimum atomic E-state index is 0.539. The molecule has 0 saturated carbocycles. The zero-order valence-corrected chi connectivity index (χ0v) is 11.6. The van der Waals surface area contributed by atoms with Gasteiger partial charge in [0.2, 0.25) is 0 Å². The van der Waals surface area contributed by atoms with E-state index in [1.165, 1.54) is 11.1 Å². The van der Waals surface area contributed by atoms with Crippen LogP contribution in [-0.2, 0) is 6.54 Å². The summed E-state index contributed by atoms with van der Waals surface area (Å²) in [5, 5.41) is 3.56. The summed E-state index contributed by atoms with van der Waals surface area (Å²) < 4.78 is 5.70. The summed E-state index contributed by atoms with van der Waals surface area (Å²) in [5.41, 5.74) is 3.70. The van der Waals surface area contributed by atoms with Crippen molar-refractivity contribution in [3.05, 3.63) is 72.1 Å². The van der Waals surface area contributed by atoms with Crippen LogP contribution < -0.4 is 10.1 Å². The molecule has 0 spiro atoms. The molecular formula is C18H20NO. The van der Waals surface area contributed by atoms with Gasteiger partial charge in [-0.25, -0.2) is 0 Å². The molecule has 1 heterocycles. The molecule has 1 N–H and O–H groups in total. The lowest BCUT2D eigenvalue weighted by atomic mass is 9.93. The Bertz CT molecular complexity index is 579. The number of benzene rings is 2. The maximum absolute atomic E-state index is 5.70. The second-order valence-electron chi connectivity index (χ2n) is 5.27. The van der Waals surface area contributed by atoms with E-state index in [9.17, 15) is 0 Å². The molecule has 0 aliphatic carbocycles. The molecular weight excluding hydrogens is 246 g/mol. The highest BCUT2D eigenvalue weighted by atomic mass is 16.5. The van der Waals surface area contributed by atoms with Gasteiger partial charge in [-0.05, 0) is 36.1 Å². The molecule has 3 rings (SSSR count). The van der Waals surface area contributed by atoms with Crippen LogP contribution in [0.1, 0.15) is 29.0 Å². The van der Waals surface area contributed by atoms with E-state index in [0.717, 1.165) is 37.4 Å². The molecule has 1 aliphatic rings. The fraction of sp³-hybridized carbons (Fsp3) is 0.278. The summed E-state index contributed by atoms with van der Waals surface area (Å²) in [6.45, 7) is 6.73. The predicted octanol–water partition coefficient (Wildman–Crippen LogP) is 3.52. The fourth-order valence-corrected chi connectivity index (χ4v) is 2.74. The van der Waals surface area contributed by atoms with Crippen LogP contribution in [0.5, 0.6) is 5.75 Å². The Kier molecular flexibility index (Phi) is 4.03. The summed E-state index contributed by atoms with van der Waals surface area (Å²) in [6.07, 6.45) is 1.08. The first-order valence-corrected chi connectivity index (χ1v) is 7.17. The highest BCUT2D eigenvalue weighted by Crippen LogP contribution is 2.32. The Balaban J connectivity index is 1.61. The van der Waals surface area contributed by atoms with Crippen molar-refractivity contribution >= 4 is 0 Å². The molecule has 0 fully saturated rings. The summed E-state index contributed by atoms with van der Waals surface area (Å²) in [6, 6.07) is 16.6. The van der Waals surface area contributed by atoms with Crippen molar-refractivity contribution in [1.82, 2.24) is 5.32 Å². The molecule has 2 aromatic rings. The molecule has 103 valence electrons. The van der Waals surface area contributed by atoms with E-state index in [0.29, 0.717) is 5.92 Å². The molecule has 0 bridgehead atoms. The lowest BCUT2D eigenvalue weighted by molar-refractivity contribution is 0.264. The van der Waals surface area contributed by atoms with Crippen LogP contribution in [0, 0.1) is 6.92 Å². The third-order valence-corrected chi connectivity index (χ3v) is 3.91. The Morgan fingerprint density at radius 2 is 1.90 bits per heavy atom. The Morgan fingerprint density at radius 3 is 2.80 bits per heavy atom. The smallest absolute Gasteiger partial charge is 0.122 e. The van der Waals surface area contributed by atoms with Crippen LogP contribution in [0.4, 0.5) is 0 Å². The molecule has 0 aromatic heterocycles. The molecule has 0 amide bonds. The molecule has 2 heteroatoms. The average Bonchev–Trinajstić information content (AvgIpc) is 2.49.